The predicted octanol–water partition coefficient (Wildman–Crippen LogP) is 2.44. The van der Waals surface area contributed by atoms with Gasteiger partial charge in [0.1, 0.15) is 5.82 Å². The van der Waals surface area contributed by atoms with Gasteiger partial charge in [-0.1, -0.05) is 36.4 Å². The minimum atomic E-state index is 0.857. The zero-order valence-corrected chi connectivity index (χ0v) is 15.6. The van der Waals surface area contributed by atoms with Crippen molar-refractivity contribution in [2.24, 2.45) is 0 Å². The fourth-order valence-corrected chi connectivity index (χ4v) is 3.79. The summed E-state index contributed by atoms with van der Waals surface area (Å²) in [7, 11) is 2.19. The van der Waals surface area contributed by atoms with Gasteiger partial charge in [0.05, 0.1) is 5.69 Å². The SMILES string of the molecule is C=CCN1CCc2nc(-c3ccccc3)nc(N3CCN(C)CC3)c2C1. The van der Waals surface area contributed by atoms with Crippen molar-refractivity contribution < 1.29 is 0 Å². The van der Waals surface area contributed by atoms with Crippen molar-refractivity contribution >= 4 is 5.82 Å². The summed E-state index contributed by atoms with van der Waals surface area (Å²) in [5, 5.41) is 0. The number of aromatic nitrogens is 2. The highest BCUT2D eigenvalue weighted by Gasteiger charge is 2.26. The second-order valence-corrected chi connectivity index (χ2v) is 7.23. The number of fused-ring (bicyclic) bond motifs is 1. The van der Waals surface area contributed by atoms with E-state index in [1.54, 1.807) is 0 Å². The van der Waals surface area contributed by atoms with Gasteiger partial charge in [-0.25, -0.2) is 9.97 Å². The molecule has 1 aromatic carbocycles. The number of hydrogen-bond acceptors (Lipinski definition) is 5. The van der Waals surface area contributed by atoms with Gasteiger partial charge >= 0.3 is 0 Å². The summed E-state index contributed by atoms with van der Waals surface area (Å²) in [5.41, 5.74) is 3.62. The molecule has 0 bridgehead atoms. The molecule has 0 N–H and O–H groups in total. The van der Waals surface area contributed by atoms with E-state index in [1.807, 2.05) is 12.1 Å². The monoisotopic (exact) mass is 349 g/mol. The summed E-state index contributed by atoms with van der Waals surface area (Å²) in [5.74, 6) is 1.99. The molecule has 136 valence electrons. The average molecular weight is 349 g/mol. The van der Waals surface area contributed by atoms with Gasteiger partial charge in [-0.3, -0.25) is 4.90 Å². The normalized spacial score (nSPS) is 18.6. The number of nitrogens with zero attached hydrogens (tertiary/aromatic N) is 5. The number of benzene rings is 1. The molecule has 26 heavy (non-hydrogen) atoms. The Morgan fingerprint density at radius 1 is 1.04 bits per heavy atom. The van der Waals surface area contributed by atoms with Crippen LogP contribution in [0.2, 0.25) is 0 Å². The summed E-state index contributed by atoms with van der Waals surface area (Å²) in [6.07, 6.45) is 2.96. The molecular weight excluding hydrogens is 322 g/mol. The van der Waals surface area contributed by atoms with E-state index in [0.717, 1.165) is 69.4 Å². The molecule has 3 heterocycles. The molecule has 1 saturated heterocycles. The minimum Gasteiger partial charge on any atom is -0.354 e. The van der Waals surface area contributed by atoms with Crippen LogP contribution in [0.5, 0.6) is 0 Å². The van der Waals surface area contributed by atoms with Gasteiger partial charge in [0.2, 0.25) is 0 Å². The molecule has 5 heteroatoms. The number of rotatable bonds is 4. The third-order valence-electron chi connectivity index (χ3n) is 5.34. The molecule has 0 atom stereocenters. The molecule has 0 saturated carbocycles. The van der Waals surface area contributed by atoms with Gasteiger partial charge in [0.15, 0.2) is 5.82 Å². The maximum absolute atomic E-state index is 5.04. The number of anilines is 1. The van der Waals surface area contributed by atoms with Crippen molar-refractivity contribution in [3.8, 4) is 11.4 Å². The second-order valence-electron chi connectivity index (χ2n) is 7.23. The molecule has 0 radical (unpaired) electrons. The first-order valence-electron chi connectivity index (χ1n) is 9.46. The lowest BCUT2D eigenvalue weighted by Crippen LogP contribution is -2.46. The lowest BCUT2D eigenvalue weighted by atomic mass is 10.0. The van der Waals surface area contributed by atoms with E-state index in [2.05, 4.69) is 52.6 Å². The van der Waals surface area contributed by atoms with Crippen LogP contribution in [-0.2, 0) is 13.0 Å². The maximum Gasteiger partial charge on any atom is 0.161 e. The average Bonchev–Trinajstić information content (AvgIpc) is 2.69. The van der Waals surface area contributed by atoms with Crippen molar-refractivity contribution in [1.82, 2.24) is 19.8 Å². The Morgan fingerprint density at radius 3 is 2.54 bits per heavy atom. The lowest BCUT2D eigenvalue weighted by Gasteiger charge is -2.36. The lowest BCUT2D eigenvalue weighted by molar-refractivity contribution is 0.277. The van der Waals surface area contributed by atoms with Gasteiger partial charge in [0.25, 0.3) is 0 Å². The Morgan fingerprint density at radius 2 is 1.81 bits per heavy atom. The third-order valence-corrected chi connectivity index (χ3v) is 5.34. The van der Waals surface area contributed by atoms with Crippen molar-refractivity contribution in [1.29, 1.82) is 0 Å². The van der Waals surface area contributed by atoms with E-state index in [9.17, 15) is 0 Å². The van der Waals surface area contributed by atoms with Crippen LogP contribution < -0.4 is 4.90 Å². The quantitative estimate of drug-likeness (QED) is 0.793. The Labute approximate surface area is 156 Å². The summed E-state index contributed by atoms with van der Waals surface area (Å²) in [6, 6.07) is 10.3. The Kier molecular flexibility index (Phi) is 5.00. The molecule has 2 aliphatic heterocycles. The molecule has 5 nitrogen and oxygen atoms in total. The van der Waals surface area contributed by atoms with Gasteiger partial charge in [-0.15, -0.1) is 6.58 Å². The standard InChI is InChI=1S/C21H27N5/c1-3-10-25-11-9-19-18(16-25)21(26-14-12-24(2)13-15-26)23-20(22-19)17-7-5-4-6-8-17/h3-8H,1,9-16H2,2H3. The van der Waals surface area contributed by atoms with Crippen LogP contribution in [0, 0.1) is 0 Å². The fourth-order valence-electron chi connectivity index (χ4n) is 3.79. The third kappa shape index (κ3) is 3.50. The van der Waals surface area contributed by atoms with E-state index in [-0.39, 0.29) is 0 Å². The summed E-state index contributed by atoms with van der Waals surface area (Å²) >= 11 is 0. The van der Waals surface area contributed by atoms with Crippen molar-refractivity contribution in [2.45, 2.75) is 13.0 Å². The first-order chi connectivity index (χ1) is 12.7. The van der Waals surface area contributed by atoms with Gasteiger partial charge < -0.3 is 9.80 Å². The highest BCUT2D eigenvalue weighted by molar-refractivity contribution is 5.61. The molecule has 0 unspecified atom stereocenters. The van der Waals surface area contributed by atoms with Crippen LogP contribution in [-0.4, -0.2) is 66.1 Å². The molecule has 1 aromatic heterocycles. The van der Waals surface area contributed by atoms with Gasteiger partial charge in [-0.2, -0.15) is 0 Å². The van der Waals surface area contributed by atoms with Crippen LogP contribution in [0.3, 0.4) is 0 Å². The van der Waals surface area contributed by atoms with Crippen LogP contribution in [0.1, 0.15) is 11.3 Å². The molecule has 0 aliphatic carbocycles. The summed E-state index contributed by atoms with van der Waals surface area (Å²) < 4.78 is 0. The number of piperazine rings is 1. The van der Waals surface area contributed by atoms with Crippen LogP contribution >= 0.6 is 0 Å². The number of hydrogen-bond donors (Lipinski definition) is 0. The minimum absolute atomic E-state index is 0.857. The predicted molar refractivity (Wildman–Crippen MR) is 106 cm³/mol. The van der Waals surface area contributed by atoms with E-state index in [4.69, 9.17) is 9.97 Å². The van der Waals surface area contributed by atoms with Crippen LogP contribution in [0.25, 0.3) is 11.4 Å². The smallest absolute Gasteiger partial charge is 0.161 e. The van der Waals surface area contributed by atoms with Gasteiger partial charge in [0, 0.05) is 63.4 Å². The Hall–Kier alpha value is -2.24. The van der Waals surface area contributed by atoms with E-state index in [1.165, 1.54) is 11.3 Å². The van der Waals surface area contributed by atoms with Crippen molar-refractivity contribution in [2.75, 3.05) is 51.2 Å². The summed E-state index contributed by atoms with van der Waals surface area (Å²) in [6.45, 7) is 11.0. The molecule has 0 spiro atoms. The fraction of sp³-hybridized carbons (Fsp3) is 0.429. The summed E-state index contributed by atoms with van der Waals surface area (Å²) in [4.78, 5) is 17.3. The molecular formula is C21H27N5. The van der Waals surface area contributed by atoms with E-state index >= 15 is 0 Å². The molecule has 2 aromatic rings. The first kappa shape index (κ1) is 17.2. The van der Waals surface area contributed by atoms with Crippen LogP contribution in [0.15, 0.2) is 43.0 Å². The maximum atomic E-state index is 5.04. The van der Waals surface area contributed by atoms with Crippen molar-refractivity contribution in [3.63, 3.8) is 0 Å². The number of likely N-dealkylation sites (N-methyl/N-ethyl adjacent to an activating group) is 1. The highest BCUT2D eigenvalue weighted by Crippen LogP contribution is 2.30. The second kappa shape index (κ2) is 7.56. The molecule has 0 amide bonds. The molecule has 1 fully saturated rings. The zero-order chi connectivity index (χ0) is 17.9. The highest BCUT2D eigenvalue weighted by atomic mass is 15.3. The first-order valence-corrected chi connectivity index (χ1v) is 9.46. The zero-order valence-electron chi connectivity index (χ0n) is 15.6. The van der Waals surface area contributed by atoms with Crippen molar-refractivity contribution in [3.05, 3.63) is 54.2 Å². The van der Waals surface area contributed by atoms with E-state index < -0.39 is 0 Å². The largest absolute Gasteiger partial charge is 0.354 e. The Bertz CT molecular complexity index is 765. The molecule has 2 aliphatic rings. The molecule has 4 rings (SSSR count). The van der Waals surface area contributed by atoms with Gasteiger partial charge in [-0.05, 0) is 7.05 Å². The van der Waals surface area contributed by atoms with E-state index in [0.29, 0.717) is 0 Å². The Balaban J connectivity index is 1.74. The van der Waals surface area contributed by atoms with Crippen LogP contribution in [0.4, 0.5) is 5.82 Å². The topological polar surface area (TPSA) is 35.5 Å².